The monoisotopic (exact) mass is 290 g/mol. The van der Waals surface area contributed by atoms with Gasteiger partial charge in [0, 0.05) is 31.2 Å². The summed E-state index contributed by atoms with van der Waals surface area (Å²) in [7, 11) is 1.80. The zero-order valence-corrected chi connectivity index (χ0v) is 12.7. The molecule has 21 heavy (non-hydrogen) atoms. The van der Waals surface area contributed by atoms with Crippen LogP contribution in [0.25, 0.3) is 0 Å². The van der Waals surface area contributed by atoms with Crippen LogP contribution in [0.15, 0.2) is 24.3 Å². The van der Waals surface area contributed by atoms with Crippen molar-refractivity contribution in [1.29, 1.82) is 0 Å². The van der Waals surface area contributed by atoms with Gasteiger partial charge >= 0.3 is 12.0 Å². The molecular formula is C16H22N2O3. The fourth-order valence-electron chi connectivity index (χ4n) is 2.71. The zero-order valence-electron chi connectivity index (χ0n) is 12.7. The maximum Gasteiger partial charge on any atom is 0.324 e. The van der Waals surface area contributed by atoms with Crippen molar-refractivity contribution >= 4 is 17.7 Å². The first kappa shape index (κ1) is 15.4. The quantitative estimate of drug-likeness (QED) is 0.927. The van der Waals surface area contributed by atoms with Crippen LogP contribution in [-0.2, 0) is 4.79 Å². The molecule has 0 aromatic heterocycles. The van der Waals surface area contributed by atoms with Crippen LogP contribution in [0.5, 0.6) is 0 Å². The van der Waals surface area contributed by atoms with Crippen LogP contribution in [0, 0.1) is 0 Å². The van der Waals surface area contributed by atoms with E-state index in [-0.39, 0.29) is 24.4 Å². The van der Waals surface area contributed by atoms with Crippen LogP contribution < -0.4 is 4.90 Å². The number of fused-ring (bicyclic) bond motifs is 1. The minimum absolute atomic E-state index is 0.0494. The number of para-hydroxylation sites is 1. The Labute approximate surface area is 125 Å². The minimum atomic E-state index is -0.834. The van der Waals surface area contributed by atoms with Gasteiger partial charge in [-0.3, -0.25) is 9.69 Å². The molecule has 114 valence electrons. The molecule has 1 N–H and O–H groups in total. The lowest BCUT2D eigenvalue weighted by Gasteiger charge is -2.29. The smallest absolute Gasteiger partial charge is 0.324 e. The van der Waals surface area contributed by atoms with Crippen LogP contribution in [0.1, 0.15) is 38.2 Å². The normalized spacial score (nSPS) is 18.2. The Morgan fingerprint density at radius 2 is 2.10 bits per heavy atom. The second-order valence-corrected chi connectivity index (χ2v) is 5.61. The Morgan fingerprint density at radius 1 is 1.43 bits per heavy atom. The molecule has 0 spiro atoms. The highest BCUT2D eigenvalue weighted by Crippen LogP contribution is 2.38. The summed E-state index contributed by atoms with van der Waals surface area (Å²) in [4.78, 5) is 27.1. The largest absolute Gasteiger partial charge is 0.481 e. The van der Waals surface area contributed by atoms with Gasteiger partial charge in [-0.15, -0.1) is 0 Å². The topological polar surface area (TPSA) is 60.9 Å². The first-order chi connectivity index (χ1) is 9.95. The number of anilines is 1. The summed E-state index contributed by atoms with van der Waals surface area (Å²) in [6, 6.07) is 7.66. The maximum absolute atomic E-state index is 12.6. The molecule has 1 aliphatic heterocycles. The van der Waals surface area contributed by atoms with Gasteiger partial charge in [-0.2, -0.15) is 0 Å². The van der Waals surface area contributed by atoms with E-state index in [9.17, 15) is 9.59 Å². The van der Waals surface area contributed by atoms with Crippen molar-refractivity contribution in [3.63, 3.8) is 0 Å². The fourth-order valence-corrected chi connectivity index (χ4v) is 2.71. The molecule has 2 rings (SSSR count). The van der Waals surface area contributed by atoms with Crippen molar-refractivity contribution in [3.05, 3.63) is 29.8 Å². The van der Waals surface area contributed by atoms with E-state index in [4.69, 9.17) is 5.11 Å². The number of hydrogen-bond donors (Lipinski definition) is 1. The molecule has 1 aliphatic rings. The summed E-state index contributed by atoms with van der Waals surface area (Å²) in [6.45, 7) is 4.49. The van der Waals surface area contributed by atoms with Gasteiger partial charge in [0.05, 0.1) is 6.42 Å². The van der Waals surface area contributed by atoms with Crippen LogP contribution in [0.4, 0.5) is 10.5 Å². The van der Waals surface area contributed by atoms with Crippen molar-refractivity contribution in [2.24, 2.45) is 0 Å². The second-order valence-electron chi connectivity index (χ2n) is 5.61. The fraction of sp³-hybridized carbons (Fsp3) is 0.500. The number of aliphatic carboxylic acids is 1. The van der Waals surface area contributed by atoms with Crippen LogP contribution in [0.2, 0.25) is 0 Å². The van der Waals surface area contributed by atoms with E-state index in [0.717, 1.165) is 17.7 Å². The minimum Gasteiger partial charge on any atom is -0.481 e. The zero-order chi connectivity index (χ0) is 15.6. The predicted octanol–water partition coefficient (Wildman–Crippen LogP) is 2.92. The molecular weight excluding hydrogens is 268 g/mol. The Morgan fingerprint density at radius 3 is 2.71 bits per heavy atom. The number of carbonyl (C=O) groups is 2. The third-order valence-electron chi connectivity index (χ3n) is 4.28. The lowest BCUT2D eigenvalue weighted by atomic mass is 9.98. The SMILES string of the molecule is CCC(C)N(C)C(=O)N1CC(CC(=O)O)c2ccccc21. The second kappa shape index (κ2) is 6.16. The average molecular weight is 290 g/mol. The van der Waals surface area contributed by atoms with Gasteiger partial charge in [0.15, 0.2) is 0 Å². The number of nitrogens with zero attached hydrogens (tertiary/aromatic N) is 2. The maximum atomic E-state index is 12.6. The lowest BCUT2D eigenvalue weighted by Crippen LogP contribution is -2.44. The van der Waals surface area contributed by atoms with E-state index in [1.165, 1.54) is 0 Å². The standard InChI is InChI=1S/C16H22N2O3/c1-4-11(2)17(3)16(21)18-10-12(9-15(19)20)13-7-5-6-8-14(13)18/h5-8,11-12H,4,9-10H2,1-3H3,(H,19,20). The van der Waals surface area contributed by atoms with Gasteiger partial charge in [-0.25, -0.2) is 4.79 Å². The molecule has 0 bridgehead atoms. The molecule has 1 aromatic rings. The predicted molar refractivity (Wildman–Crippen MR) is 81.7 cm³/mol. The molecule has 2 amide bonds. The molecule has 5 nitrogen and oxygen atoms in total. The highest BCUT2D eigenvalue weighted by Gasteiger charge is 2.35. The number of carboxylic acid groups (broad SMARTS) is 1. The van der Waals surface area contributed by atoms with E-state index in [1.807, 2.05) is 38.1 Å². The molecule has 2 atom stereocenters. The van der Waals surface area contributed by atoms with Crippen molar-refractivity contribution < 1.29 is 14.7 Å². The lowest BCUT2D eigenvalue weighted by molar-refractivity contribution is -0.137. The van der Waals surface area contributed by atoms with E-state index >= 15 is 0 Å². The number of benzene rings is 1. The Kier molecular flexibility index (Phi) is 4.50. The molecule has 0 saturated heterocycles. The summed E-state index contributed by atoms with van der Waals surface area (Å²) in [5, 5.41) is 9.05. The van der Waals surface area contributed by atoms with Crippen LogP contribution in [-0.4, -0.2) is 41.6 Å². The number of amides is 2. The molecule has 0 aliphatic carbocycles. The molecule has 2 unspecified atom stereocenters. The number of carboxylic acids is 1. The van der Waals surface area contributed by atoms with Gasteiger partial charge in [-0.05, 0) is 25.0 Å². The van der Waals surface area contributed by atoms with E-state index in [1.54, 1.807) is 16.8 Å². The number of carbonyl (C=O) groups excluding carboxylic acids is 1. The first-order valence-electron chi connectivity index (χ1n) is 7.30. The van der Waals surface area contributed by atoms with Gasteiger partial charge in [0.1, 0.15) is 0 Å². The van der Waals surface area contributed by atoms with Crippen molar-refractivity contribution in [3.8, 4) is 0 Å². The number of rotatable bonds is 4. The van der Waals surface area contributed by atoms with Crippen molar-refractivity contribution in [2.75, 3.05) is 18.5 Å². The summed E-state index contributed by atoms with van der Waals surface area (Å²) in [6.07, 6.45) is 0.935. The molecule has 0 fully saturated rings. The van der Waals surface area contributed by atoms with Gasteiger partial charge in [0.2, 0.25) is 0 Å². The van der Waals surface area contributed by atoms with Crippen LogP contribution in [0.3, 0.4) is 0 Å². The van der Waals surface area contributed by atoms with E-state index in [0.29, 0.717) is 6.54 Å². The summed E-state index contributed by atoms with van der Waals surface area (Å²) in [5.41, 5.74) is 1.79. The summed E-state index contributed by atoms with van der Waals surface area (Å²) < 4.78 is 0. The van der Waals surface area contributed by atoms with Crippen LogP contribution >= 0.6 is 0 Å². The highest BCUT2D eigenvalue weighted by atomic mass is 16.4. The highest BCUT2D eigenvalue weighted by molar-refractivity contribution is 5.95. The molecule has 0 radical (unpaired) electrons. The third-order valence-corrected chi connectivity index (χ3v) is 4.28. The first-order valence-corrected chi connectivity index (χ1v) is 7.30. The van der Waals surface area contributed by atoms with Crippen molar-refractivity contribution in [1.82, 2.24) is 4.90 Å². The Hall–Kier alpha value is -2.04. The third kappa shape index (κ3) is 3.01. The van der Waals surface area contributed by atoms with Gasteiger partial charge in [-0.1, -0.05) is 25.1 Å². The molecule has 1 heterocycles. The summed E-state index contributed by atoms with van der Waals surface area (Å²) in [5.74, 6) is -0.965. The Balaban J connectivity index is 2.26. The average Bonchev–Trinajstić information content (AvgIpc) is 2.83. The van der Waals surface area contributed by atoms with E-state index < -0.39 is 5.97 Å². The van der Waals surface area contributed by atoms with Crippen molar-refractivity contribution in [2.45, 2.75) is 38.6 Å². The number of urea groups is 1. The number of hydrogen-bond acceptors (Lipinski definition) is 2. The molecule has 5 heteroatoms. The Bertz CT molecular complexity index is 544. The van der Waals surface area contributed by atoms with Gasteiger partial charge < -0.3 is 10.0 Å². The molecule has 1 aromatic carbocycles. The van der Waals surface area contributed by atoms with E-state index in [2.05, 4.69) is 0 Å². The molecule has 0 saturated carbocycles. The summed E-state index contributed by atoms with van der Waals surface area (Å²) >= 11 is 0. The van der Waals surface area contributed by atoms with Gasteiger partial charge in [0.25, 0.3) is 0 Å².